The molecule has 65 valence electrons. The summed E-state index contributed by atoms with van der Waals surface area (Å²) < 4.78 is 6.60. The lowest BCUT2D eigenvalue weighted by atomic mass is 10.3. The van der Waals surface area contributed by atoms with Crippen molar-refractivity contribution in [3.05, 3.63) is 27.8 Å². The molecule has 0 bridgehead atoms. The van der Waals surface area contributed by atoms with E-state index in [0.717, 1.165) is 22.3 Å². The zero-order valence-electron chi connectivity index (χ0n) is 7.14. The molecule has 0 heterocycles. The number of rotatable bonds is 4. The van der Waals surface area contributed by atoms with Gasteiger partial charge in [-0.15, -0.1) is 0 Å². The lowest BCUT2D eigenvalue weighted by Crippen LogP contribution is -1.97. The molecular formula is C10H12IO. The van der Waals surface area contributed by atoms with Gasteiger partial charge < -0.3 is 4.74 Å². The van der Waals surface area contributed by atoms with Crippen molar-refractivity contribution in [2.75, 3.05) is 6.61 Å². The molecule has 2 heteroatoms. The molecule has 1 aromatic rings. The highest BCUT2D eigenvalue weighted by Crippen LogP contribution is 2.19. The Morgan fingerprint density at radius 1 is 1.58 bits per heavy atom. The smallest absolute Gasteiger partial charge is 0.133 e. The fraction of sp³-hybridized carbons (Fsp3) is 0.400. The molecule has 0 unspecified atom stereocenters. The molecule has 0 N–H and O–H groups in total. The van der Waals surface area contributed by atoms with Crippen LogP contribution in [0.1, 0.15) is 19.8 Å². The Morgan fingerprint density at radius 3 is 3.08 bits per heavy atom. The highest BCUT2D eigenvalue weighted by atomic mass is 127. The summed E-state index contributed by atoms with van der Waals surface area (Å²) >= 11 is 2.23. The van der Waals surface area contributed by atoms with Gasteiger partial charge in [0.1, 0.15) is 5.75 Å². The van der Waals surface area contributed by atoms with Crippen LogP contribution in [-0.2, 0) is 0 Å². The van der Waals surface area contributed by atoms with Crippen LogP contribution in [0.5, 0.6) is 5.75 Å². The number of ether oxygens (including phenoxy) is 1. The Bertz CT molecular complexity index is 235. The Labute approximate surface area is 87.3 Å². The molecule has 0 saturated heterocycles. The summed E-state index contributed by atoms with van der Waals surface area (Å²) in [5, 5.41) is 0. The minimum Gasteiger partial charge on any atom is -0.492 e. The summed E-state index contributed by atoms with van der Waals surface area (Å²) in [5.74, 6) is 0.951. The molecule has 1 rings (SSSR count). The second kappa shape index (κ2) is 5.41. The topological polar surface area (TPSA) is 9.23 Å². The first kappa shape index (κ1) is 9.84. The average Bonchev–Trinajstić information content (AvgIpc) is 2.09. The number of halogens is 1. The predicted octanol–water partition coefficient (Wildman–Crippen LogP) is 3.27. The number of hydrogen-bond donors (Lipinski definition) is 0. The van der Waals surface area contributed by atoms with Gasteiger partial charge in [0.05, 0.1) is 10.2 Å². The third-order valence-corrected chi connectivity index (χ3v) is 2.37. The first-order chi connectivity index (χ1) is 5.84. The Balaban J connectivity index is 2.46. The second-order valence-electron chi connectivity index (χ2n) is 2.55. The summed E-state index contributed by atoms with van der Waals surface area (Å²) in [4.78, 5) is 0. The van der Waals surface area contributed by atoms with E-state index in [0.29, 0.717) is 0 Å². The van der Waals surface area contributed by atoms with Gasteiger partial charge >= 0.3 is 0 Å². The maximum Gasteiger partial charge on any atom is 0.133 e. The first-order valence-electron chi connectivity index (χ1n) is 4.13. The molecule has 0 saturated carbocycles. The highest BCUT2D eigenvalue weighted by Gasteiger charge is 1.97. The van der Waals surface area contributed by atoms with E-state index in [1.54, 1.807) is 0 Å². The van der Waals surface area contributed by atoms with Crippen LogP contribution in [0, 0.1) is 9.64 Å². The highest BCUT2D eigenvalue weighted by molar-refractivity contribution is 14.1. The standard InChI is InChI=1S/C10H12IO/c1-2-3-8-12-10-7-5-4-6-9(10)11/h4-5,7H,2-3,8H2,1H3. The molecule has 12 heavy (non-hydrogen) atoms. The maximum absolute atomic E-state index is 5.54. The van der Waals surface area contributed by atoms with Crippen molar-refractivity contribution in [1.29, 1.82) is 0 Å². The molecule has 1 nitrogen and oxygen atoms in total. The summed E-state index contributed by atoms with van der Waals surface area (Å²) in [6.07, 6.45) is 2.29. The van der Waals surface area contributed by atoms with Gasteiger partial charge in [0.15, 0.2) is 0 Å². The van der Waals surface area contributed by atoms with E-state index in [9.17, 15) is 0 Å². The third-order valence-electron chi connectivity index (χ3n) is 1.53. The van der Waals surface area contributed by atoms with Crippen LogP contribution >= 0.6 is 22.6 Å². The Kier molecular flexibility index (Phi) is 4.43. The number of unbranched alkanes of at least 4 members (excludes halogenated alkanes) is 1. The maximum atomic E-state index is 5.54. The van der Waals surface area contributed by atoms with Crippen molar-refractivity contribution in [2.24, 2.45) is 0 Å². The van der Waals surface area contributed by atoms with Crippen LogP contribution < -0.4 is 4.74 Å². The van der Waals surface area contributed by atoms with Gasteiger partial charge in [-0.05, 0) is 41.1 Å². The van der Waals surface area contributed by atoms with Crippen molar-refractivity contribution < 1.29 is 4.74 Å². The number of benzene rings is 1. The van der Waals surface area contributed by atoms with E-state index in [2.05, 4.69) is 35.6 Å². The van der Waals surface area contributed by atoms with E-state index < -0.39 is 0 Å². The van der Waals surface area contributed by atoms with Gasteiger partial charge in [0.25, 0.3) is 0 Å². The first-order valence-corrected chi connectivity index (χ1v) is 5.21. The zero-order valence-corrected chi connectivity index (χ0v) is 9.30. The van der Waals surface area contributed by atoms with Gasteiger partial charge in [-0.2, -0.15) is 0 Å². The minimum atomic E-state index is 0.810. The van der Waals surface area contributed by atoms with Crippen molar-refractivity contribution in [1.82, 2.24) is 0 Å². The fourth-order valence-corrected chi connectivity index (χ4v) is 1.35. The minimum absolute atomic E-state index is 0.810. The molecule has 0 spiro atoms. The molecule has 0 aliphatic heterocycles. The normalized spacial score (nSPS) is 9.83. The molecule has 0 fully saturated rings. The Hall–Kier alpha value is -0.250. The molecule has 0 amide bonds. The van der Waals surface area contributed by atoms with Gasteiger partial charge in [-0.25, -0.2) is 0 Å². The van der Waals surface area contributed by atoms with Crippen LogP contribution in [0.3, 0.4) is 0 Å². The Morgan fingerprint density at radius 2 is 2.42 bits per heavy atom. The van der Waals surface area contributed by atoms with Gasteiger partial charge in [0.2, 0.25) is 0 Å². The van der Waals surface area contributed by atoms with Crippen LogP contribution in [-0.4, -0.2) is 6.61 Å². The SMILES string of the molecule is CCCCOc1ccc[c]c1I. The molecule has 1 radical (unpaired) electrons. The summed E-state index contributed by atoms with van der Waals surface area (Å²) in [6.45, 7) is 2.97. The number of hydrogen-bond acceptors (Lipinski definition) is 1. The molecule has 0 aliphatic rings. The third kappa shape index (κ3) is 3.01. The summed E-state index contributed by atoms with van der Waals surface area (Å²) in [5.41, 5.74) is 0. The summed E-state index contributed by atoms with van der Waals surface area (Å²) in [6, 6.07) is 8.91. The van der Waals surface area contributed by atoms with Crippen LogP contribution in [0.25, 0.3) is 0 Å². The van der Waals surface area contributed by atoms with Crippen molar-refractivity contribution in [3.63, 3.8) is 0 Å². The van der Waals surface area contributed by atoms with E-state index in [4.69, 9.17) is 4.74 Å². The average molecular weight is 275 g/mol. The zero-order chi connectivity index (χ0) is 8.81. The fourth-order valence-electron chi connectivity index (χ4n) is 0.839. The van der Waals surface area contributed by atoms with Gasteiger partial charge in [-0.1, -0.05) is 25.5 Å². The van der Waals surface area contributed by atoms with Crippen LogP contribution in [0.15, 0.2) is 18.2 Å². The van der Waals surface area contributed by atoms with E-state index in [1.807, 2.05) is 18.2 Å². The second-order valence-corrected chi connectivity index (χ2v) is 3.63. The van der Waals surface area contributed by atoms with E-state index >= 15 is 0 Å². The molecule has 1 aromatic carbocycles. The quantitative estimate of drug-likeness (QED) is 0.605. The van der Waals surface area contributed by atoms with Crippen molar-refractivity contribution in [2.45, 2.75) is 19.8 Å². The van der Waals surface area contributed by atoms with Gasteiger partial charge in [0, 0.05) is 0 Å². The van der Waals surface area contributed by atoms with E-state index in [1.165, 1.54) is 6.42 Å². The van der Waals surface area contributed by atoms with Crippen LogP contribution in [0.4, 0.5) is 0 Å². The molecule has 0 aliphatic carbocycles. The molecule has 0 atom stereocenters. The van der Waals surface area contributed by atoms with Crippen molar-refractivity contribution >= 4 is 22.6 Å². The van der Waals surface area contributed by atoms with Crippen LogP contribution in [0.2, 0.25) is 0 Å². The predicted molar refractivity (Wildman–Crippen MR) is 58.4 cm³/mol. The molecular weight excluding hydrogens is 263 g/mol. The summed E-state index contributed by atoms with van der Waals surface area (Å²) in [7, 11) is 0. The monoisotopic (exact) mass is 275 g/mol. The van der Waals surface area contributed by atoms with E-state index in [-0.39, 0.29) is 0 Å². The van der Waals surface area contributed by atoms with Crippen molar-refractivity contribution in [3.8, 4) is 5.75 Å². The van der Waals surface area contributed by atoms with Gasteiger partial charge in [-0.3, -0.25) is 0 Å². The lowest BCUT2D eigenvalue weighted by molar-refractivity contribution is 0.307. The molecule has 0 aromatic heterocycles. The largest absolute Gasteiger partial charge is 0.492 e. The lowest BCUT2D eigenvalue weighted by Gasteiger charge is -2.05.